The van der Waals surface area contributed by atoms with Crippen molar-refractivity contribution in [3.63, 3.8) is 0 Å². The molecule has 0 aliphatic carbocycles. The first-order chi connectivity index (χ1) is 14.4. The van der Waals surface area contributed by atoms with E-state index >= 15 is 0 Å². The van der Waals surface area contributed by atoms with Crippen LogP contribution in [0, 0.1) is 5.92 Å². The Bertz CT molecular complexity index is 592. The van der Waals surface area contributed by atoms with E-state index in [0.717, 1.165) is 0 Å². The number of aliphatic hydroxyl groups excluding tert-OH is 6. The number of ether oxygens (including phenoxy) is 3. The van der Waals surface area contributed by atoms with Crippen LogP contribution in [0.15, 0.2) is 0 Å². The molecule has 2 fully saturated rings. The molecule has 0 saturated carbocycles. The number of carbonyl (C=O) groups is 1. The molecule has 0 aromatic carbocycles. The minimum absolute atomic E-state index is 0.0320. The lowest BCUT2D eigenvalue weighted by molar-refractivity contribution is -0.367. The SMILES string of the molecule is CC(C)CC(NCC1(O)OCC(O)C(OC2OC(CO)C(O)C(O)C2O)C1O)C(=O)O. The van der Waals surface area contributed by atoms with Crippen LogP contribution in [0.2, 0.25) is 0 Å². The third kappa shape index (κ3) is 6.09. The Morgan fingerprint density at radius 3 is 2.35 bits per heavy atom. The van der Waals surface area contributed by atoms with Crippen LogP contribution in [-0.4, -0.2) is 127 Å². The lowest BCUT2D eigenvalue weighted by Crippen LogP contribution is -2.68. The van der Waals surface area contributed by atoms with Gasteiger partial charge in [-0.1, -0.05) is 13.8 Å². The molecule has 10 unspecified atom stereocenters. The van der Waals surface area contributed by atoms with E-state index in [0.29, 0.717) is 0 Å². The highest BCUT2D eigenvalue weighted by atomic mass is 16.7. The molecule has 0 amide bonds. The van der Waals surface area contributed by atoms with E-state index in [4.69, 9.17) is 14.2 Å². The van der Waals surface area contributed by atoms with Crippen molar-refractivity contribution in [3.8, 4) is 0 Å². The Morgan fingerprint density at radius 2 is 1.81 bits per heavy atom. The summed E-state index contributed by atoms with van der Waals surface area (Å²) in [6.07, 6.45) is -12.8. The van der Waals surface area contributed by atoms with Gasteiger partial charge < -0.3 is 55.1 Å². The standard InChI is InChI=1S/C18H33NO12/c1-7(2)3-8(16(26)27)19-6-18(28)15(25)14(9(21)5-29-18)31-17-13(24)12(23)11(22)10(4-20)30-17/h7-15,17,19-25,28H,3-6H2,1-2H3,(H,26,27). The van der Waals surface area contributed by atoms with E-state index in [-0.39, 0.29) is 12.3 Å². The van der Waals surface area contributed by atoms with Gasteiger partial charge in [-0.05, 0) is 12.3 Å². The lowest BCUT2D eigenvalue weighted by Gasteiger charge is -2.47. The van der Waals surface area contributed by atoms with Crippen molar-refractivity contribution in [1.82, 2.24) is 5.32 Å². The number of hydrogen-bond donors (Lipinski definition) is 9. The van der Waals surface area contributed by atoms with Gasteiger partial charge in [0.1, 0.15) is 48.8 Å². The van der Waals surface area contributed by atoms with Gasteiger partial charge in [0.25, 0.3) is 0 Å². The summed E-state index contributed by atoms with van der Waals surface area (Å²) in [5.41, 5.74) is 0. The third-order valence-electron chi connectivity index (χ3n) is 5.40. The minimum Gasteiger partial charge on any atom is -0.480 e. The summed E-state index contributed by atoms with van der Waals surface area (Å²) in [4.78, 5) is 11.4. The number of rotatable bonds is 9. The van der Waals surface area contributed by atoms with Gasteiger partial charge in [-0.25, -0.2) is 0 Å². The summed E-state index contributed by atoms with van der Waals surface area (Å²) in [5.74, 6) is -3.47. The molecule has 182 valence electrons. The second kappa shape index (κ2) is 10.8. The topological polar surface area (TPSA) is 219 Å². The normalized spacial score (nSPS) is 42.5. The molecule has 10 atom stereocenters. The summed E-state index contributed by atoms with van der Waals surface area (Å²) in [6.45, 7) is 1.92. The predicted octanol–water partition coefficient (Wildman–Crippen LogP) is -4.30. The summed E-state index contributed by atoms with van der Waals surface area (Å²) < 4.78 is 15.7. The molecule has 2 saturated heterocycles. The van der Waals surface area contributed by atoms with Gasteiger partial charge in [-0.15, -0.1) is 0 Å². The van der Waals surface area contributed by atoms with Crippen LogP contribution in [-0.2, 0) is 19.0 Å². The van der Waals surface area contributed by atoms with Gasteiger partial charge in [-0.3, -0.25) is 10.1 Å². The highest BCUT2D eigenvalue weighted by Gasteiger charge is 2.53. The maximum absolute atomic E-state index is 11.4. The van der Waals surface area contributed by atoms with Gasteiger partial charge in [0.15, 0.2) is 6.29 Å². The van der Waals surface area contributed by atoms with Crippen molar-refractivity contribution >= 4 is 5.97 Å². The van der Waals surface area contributed by atoms with Crippen molar-refractivity contribution in [2.45, 2.75) is 81.1 Å². The molecule has 2 aliphatic rings. The zero-order chi connectivity index (χ0) is 23.5. The van der Waals surface area contributed by atoms with E-state index in [9.17, 15) is 45.6 Å². The van der Waals surface area contributed by atoms with Gasteiger partial charge in [0, 0.05) is 0 Å². The molecule has 0 spiro atoms. The van der Waals surface area contributed by atoms with Crippen LogP contribution >= 0.6 is 0 Å². The van der Waals surface area contributed by atoms with Crippen LogP contribution in [0.3, 0.4) is 0 Å². The zero-order valence-electron chi connectivity index (χ0n) is 17.3. The Labute approximate surface area is 178 Å². The molecule has 13 heteroatoms. The zero-order valence-corrected chi connectivity index (χ0v) is 17.3. The van der Waals surface area contributed by atoms with Crippen molar-refractivity contribution < 1.29 is 59.9 Å². The predicted molar refractivity (Wildman–Crippen MR) is 100 cm³/mol. The average molecular weight is 455 g/mol. The van der Waals surface area contributed by atoms with Crippen LogP contribution in [0.4, 0.5) is 0 Å². The smallest absolute Gasteiger partial charge is 0.320 e. The summed E-state index contributed by atoms with van der Waals surface area (Å²) in [6, 6.07) is -1.03. The molecule has 0 aromatic rings. The van der Waals surface area contributed by atoms with Gasteiger partial charge in [-0.2, -0.15) is 0 Å². The van der Waals surface area contributed by atoms with Crippen LogP contribution < -0.4 is 5.32 Å². The van der Waals surface area contributed by atoms with Crippen molar-refractivity contribution in [3.05, 3.63) is 0 Å². The molecular weight excluding hydrogens is 422 g/mol. The minimum atomic E-state index is -2.34. The fourth-order valence-corrected chi connectivity index (χ4v) is 3.54. The fraction of sp³-hybridized carbons (Fsp3) is 0.944. The Kier molecular flexibility index (Phi) is 9.13. The third-order valence-corrected chi connectivity index (χ3v) is 5.40. The number of carboxylic acids is 1. The Morgan fingerprint density at radius 1 is 1.16 bits per heavy atom. The highest BCUT2D eigenvalue weighted by Crippen LogP contribution is 2.30. The molecule has 0 aromatic heterocycles. The van der Waals surface area contributed by atoms with Crippen molar-refractivity contribution in [1.29, 1.82) is 0 Å². The molecule has 2 heterocycles. The van der Waals surface area contributed by atoms with Crippen molar-refractivity contribution in [2.24, 2.45) is 5.92 Å². The Balaban J connectivity index is 2.09. The fourth-order valence-electron chi connectivity index (χ4n) is 3.54. The summed E-state index contributed by atoms with van der Waals surface area (Å²) in [5, 5.41) is 82.5. The molecule has 9 N–H and O–H groups in total. The van der Waals surface area contributed by atoms with Gasteiger partial charge >= 0.3 is 5.97 Å². The van der Waals surface area contributed by atoms with Crippen LogP contribution in [0.5, 0.6) is 0 Å². The van der Waals surface area contributed by atoms with E-state index in [1.165, 1.54) is 0 Å². The Hall–Kier alpha value is -0.970. The highest BCUT2D eigenvalue weighted by molar-refractivity contribution is 5.73. The van der Waals surface area contributed by atoms with Crippen LogP contribution in [0.25, 0.3) is 0 Å². The second-order valence-corrected chi connectivity index (χ2v) is 8.37. The van der Waals surface area contributed by atoms with E-state index < -0.39 is 86.6 Å². The number of aliphatic carboxylic acids is 1. The number of nitrogens with one attached hydrogen (secondary N) is 1. The summed E-state index contributed by atoms with van der Waals surface area (Å²) in [7, 11) is 0. The molecule has 0 bridgehead atoms. The lowest BCUT2D eigenvalue weighted by atomic mass is 9.95. The quantitative estimate of drug-likeness (QED) is 0.161. The molecular formula is C18H33NO12. The van der Waals surface area contributed by atoms with E-state index in [2.05, 4.69) is 5.32 Å². The van der Waals surface area contributed by atoms with E-state index in [1.807, 2.05) is 13.8 Å². The molecule has 2 aliphatic heterocycles. The van der Waals surface area contributed by atoms with E-state index in [1.54, 1.807) is 0 Å². The number of hydrogen-bond acceptors (Lipinski definition) is 12. The largest absolute Gasteiger partial charge is 0.480 e. The molecule has 0 radical (unpaired) electrons. The van der Waals surface area contributed by atoms with Crippen LogP contribution in [0.1, 0.15) is 20.3 Å². The molecule has 13 nitrogen and oxygen atoms in total. The van der Waals surface area contributed by atoms with Gasteiger partial charge in [0.05, 0.1) is 19.8 Å². The first kappa shape index (κ1) is 26.3. The molecule has 31 heavy (non-hydrogen) atoms. The average Bonchev–Trinajstić information content (AvgIpc) is 2.71. The second-order valence-electron chi connectivity index (χ2n) is 8.37. The number of aliphatic hydroxyl groups is 7. The summed E-state index contributed by atoms with van der Waals surface area (Å²) >= 11 is 0. The monoisotopic (exact) mass is 455 g/mol. The van der Waals surface area contributed by atoms with Gasteiger partial charge in [0.2, 0.25) is 5.79 Å². The number of carboxylic acid groups (broad SMARTS) is 1. The first-order valence-corrected chi connectivity index (χ1v) is 10.1. The first-order valence-electron chi connectivity index (χ1n) is 10.1. The maximum atomic E-state index is 11.4. The maximum Gasteiger partial charge on any atom is 0.320 e. The van der Waals surface area contributed by atoms with Crippen molar-refractivity contribution in [2.75, 3.05) is 19.8 Å². The molecule has 2 rings (SSSR count).